The zero-order valence-electron chi connectivity index (χ0n) is 23.6. The Hall–Kier alpha value is -3.49. The molecule has 0 radical (unpaired) electrons. The van der Waals surface area contributed by atoms with Gasteiger partial charge in [0.15, 0.2) is 5.13 Å². The molecular formula is C33H38N4O3S. The molecule has 41 heavy (non-hydrogen) atoms. The van der Waals surface area contributed by atoms with Crippen molar-refractivity contribution in [3.8, 4) is 5.75 Å². The fourth-order valence-corrected chi connectivity index (χ4v) is 7.25. The van der Waals surface area contributed by atoms with Crippen LogP contribution in [-0.2, 0) is 16.1 Å². The average Bonchev–Trinajstić information content (AvgIpc) is 3.67. The van der Waals surface area contributed by atoms with Crippen LogP contribution in [0.5, 0.6) is 5.75 Å². The van der Waals surface area contributed by atoms with Gasteiger partial charge in [-0.05, 0) is 74.1 Å². The van der Waals surface area contributed by atoms with Crippen molar-refractivity contribution in [3.05, 3.63) is 60.2 Å². The van der Waals surface area contributed by atoms with E-state index in [9.17, 15) is 9.59 Å². The maximum atomic E-state index is 13.3. The second-order valence-corrected chi connectivity index (χ2v) is 12.3. The highest BCUT2D eigenvalue weighted by Gasteiger charge is 2.28. The summed E-state index contributed by atoms with van der Waals surface area (Å²) in [6, 6.07) is 18.6. The molecule has 0 spiro atoms. The van der Waals surface area contributed by atoms with E-state index >= 15 is 0 Å². The SMILES string of the molecule is CCOc1ccc2ccccc2c1CNC1CCCC(C(=O)Nc2ccc3nc(NC(=O)C4CCCC4)sc3c2)C1. The second kappa shape index (κ2) is 12.6. The number of rotatable bonds is 9. The highest BCUT2D eigenvalue weighted by Crippen LogP contribution is 2.33. The van der Waals surface area contributed by atoms with Gasteiger partial charge < -0.3 is 20.7 Å². The minimum Gasteiger partial charge on any atom is -0.494 e. The van der Waals surface area contributed by atoms with Crippen LogP contribution < -0.4 is 20.7 Å². The first-order valence-corrected chi connectivity index (χ1v) is 15.8. The Morgan fingerprint density at radius 1 is 0.927 bits per heavy atom. The van der Waals surface area contributed by atoms with Crippen molar-refractivity contribution in [2.75, 3.05) is 17.2 Å². The van der Waals surface area contributed by atoms with E-state index in [1.54, 1.807) is 0 Å². The number of amides is 2. The highest BCUT2D eigenvalue weighted by atomic mass is 32.1. The molecule has 0 saturated heterocycles. The van der Waals surface area contributed by atoms with Crippen LogP contribution in [-0.4, -0.2) is 29.4 Å². The third-order valence-electron chi connectivity index (χ3n) is 8.52. The van der Waals surface area contributed by atoms with Crippen molar-refractivity contribution in [2.24, 2.45) is 11.8 Å². The predicted molar refractivity (Wildman–Crippen MR) is 167 cm³/mol. The molecule has 2 aliphatic rings. The standard InChI is InChI=1S/C33H38N4O3S/c1-2-40-29-17-14-21-8-5-6-13-26(21)27(29)20-34-24-12-7-11-23(18-24)32(39)35-25-15-16-28-30(19-25)41-33(36-28)37-31(38)22-9-3-4-10-22/h5-6,8,13-17,19,22-24,34H,2-4,7,9-12,18,20H2,1H3,(H,35,39)(H,36,37,38). The molecule has 2 amide bonds. The summed E-state index contributed by atoms with van der Waals surface area (Å²) in [4.78, 5) is 30.4. The van der Waals surface area contributed by atoms with E-state index in [0.717, 1.165) is 73.0 Å². The van der Waals surface area contributed by atoms with Crippen LogP contribution in [0.1, 0.15) is 63.9 Å². The number of anilines is 2. The summed E-state index contributed by atoms with van der Waals surface area (Å²) in [7, 11) is 0. The molecule has 6 rings (SSSR count). The quantitative estimate of drug-likeness (QED) is 0.197. The Morgan fingerprint density at radius 3 is 2.59 bits per heavy atom. The van der Waals surface area contributed by atoms with Crippen molar-refractivity contribution in [1.82, 2.24) is 10.3 Å². The Kier molecular flexibility index (Phi) is 8.49. The van der Waals surface area contributed by atoms with E-state index in [2.05, 4.69) is 57.3 Å². The molecule has 1 heterocycles. The molecule has 0 aliphatic heterocycles. The van der Waals surface area contributed by atoms with Crippen LogP contribution in [0.25, 0.3) is 21.0 Å². The van der Waals surface area contributed by atoms with E-state index < -0.39 is 0 Å². The number of nitrogens with one attached hydrogen (secondary N) is 3. The summed E-state index contributed by atoms with van der Waals surface area (Å²) in [6.45, 7) is 3.34. The zero-order chi connectivity index (χ0) is 28.2. The Morgan fingerprint density at radius 2 is 1.73 bits per heavy atom. The average molecular weight is 571 g/mol. The molecule has 2 aliphatic carbocycles. The van der Waals surface area contributed by atoms with Gasteiger partial charge >= 0.3 is 0 Å². The molecule has 0 bridgehead atoms. The van der Waals surface area contributed by atoms with Crippen LogP contribution in [0.2, 0.25) is 0 Å². The number of ether oxygens (including phenoxy) is 1. The number of hydrogen-bond donors (Lipinski definition) is 3. The van der Waals surface area contributed by atoms with Crippen LogP contribution in [0.15, 0.2) is 54.6 Å². The monoisotopic (exact) mass is 570 g/mol. The molecule has 8 heteroatoms. The lowest BCUT2D eigenvalue weighted by molar-refractivity contribution is -0.121. The van der Waals surface area contributed by atoms with Gasteiger partial charge in [0.2, 0.25) is 11.8 Å². The number of aromatic nitrogens is 1. The first-order valence-electron chi connectivity index (χ1n) is 15.0. The van der Waals surface area contributed by atoms with E-state index in [1.807, 2.05) is 25.1 Å². The third kappa shape index (κ3) is 6.39. The summed E-state index contributed by atoms with van der Waals surface area (Å²) in [5.74, 6) is 1.12. The molecule has 2 saturated carbocycles. The summed E-state index contributed by atoms with van der Waals surface area (Å²) in [6.07, 6.45) is 7.94. The van der Waals surface area contributed by atoms with Crippen molar-refractivity contribution < 1.29 is 14.3 Å². The fraction of sp³-hybridized carbons (Fsp3) is 0.424. The van der Waals surface area contributed by atoms with Crippen molar-refractivity contribution >= 4 is 55.0 Å². The lowest BCUT2D eigenvalue weighted by atomic mass is 9.85. The minimum atomic E-state index is -0.0430. The van der Waals surface area contributed by atoms with Crippen LogP contribution >= 0.6 is 11.3 Å². The Labute approximate surface area is 245 Å². The van der Waals surface area contributed by atoms with Gasteiger partial charge in [0.1, 0.15) is 5.75 Å². The molecule has 7 nitrogen and oxygen atoms in total. The maximum Gasteiger partial charge on any atom is 0.229 e. The molecule has 3 aromatic carbocycles. The fourth-order valence-electron chi connectivity index (χ4n) is 6.34. The summed E-state index contributed by atoms with van der Waals surface area (Å²) >= 11 is 1.46. The molecule has 2 unspecified atom stereocenters. The number of benzene rings is 3. The zero-order valence-corrected chi connectivity index (χ0v) is 24.4. The maximum absolute atomic E-state index is 13.3. The summed E-state index contributed by atoms with van der Waals surface area (Å²) < 4.78 is 6.91. The molecule has 1 aromatic heterocycles. The topological polar surface area (TPSA) is 92.3 Å². The smallest absolute Gasteiger partial charge is 0.229 e. The molecular weight excluding hydrogens is 532 g/mol. The molecule has 4 aromatic rings. The summed E-state index contributed by atoms with van der Waals surface area (Å²) in [5.41, 5.74) is 2.77. The number of hydrogen-bond acceptors (Lipinski definition) is 6. The van der Waals surface area contributed by atoms with E-state index in [-0.39, 0.29) is 29.7 Å². The molecule has 214 valence electrons. The lowest BCUT2D eigenvalue weighted by Gasteiger charge is -2.29. The predicted octanol–water partition coefficient (Wildman–Crippen LogP) is 7.26. The molecule has 2 fully saturated rings. The van der Waals surface area contributed by atoms with Gasteiger partial charge in [-0.2, -0.15) is 0 Å². The molecule has 3 N–H and O–H groups in total. The van der Waals surface area contributed by atoms with Gasteiger partial charge in [0, 0.05) is 35.7 Å². The number of nitrogens with zero attached hydrogens (tertiary/aromatic N) is 1. The first-order chi connectivity index (χ1) is 20.1. The third-order valence-corrected chi connectivity index (χ3v) is 9.46. The van der Waals surface area contributed by atoms with Gasteiger partial charge in [0.05, 0.1) is 16.8 Å². The number of fused-ring (bicyclic) bond motifs is 2. The largest absolute Gasteiger partial charge is 0.494 e. The van der Waals surface area contributed by atoms with E-state index in [4.69, 9.17) is 4.74 Å². The molecule has 2 atom stereocenters. The van der Waals surface area contributed by atoms with E-state index in [0.29, 0.717) is 18.3 Å². The van der Waals surface area contributed by atoms with Crippen LogP contribution in [0, 0.1) is 11.8 Å². The summed E-state index contributed by atoms with van der Waals surface area (Å²) in [5, 5.41) is 12.9. The van der Waals surface area contributed by atoms with Crippen LogP contribution in [0.3, 0.4) is 0 Å². The normalized spacial score (nSPS) is 19.4. The van der Waals surface area contributed by atoms with Gasteiger partial charge in [-0.3, -0.25) is 9.59 Å². The minimum absolute atomic E-state index is 0.0430. The van der Waals surface area contributed by atoms with Crippen molar-refractivity contribution in [3.63, 3.8) is 0 Å². The number of carbonyl (C=O) groups excluding carboxylic acids is 2. The second-order valence-electron chi connectivity index (χ2n) is 11.3. The highest BCUT2D eigenvalue weighted by molar-refractivity contribution is 7.22. The lowest BCUT2D eigenvalue weighted by Crippen LogP contribution is -2.37. The van der Waals surface area contributed by atoms with Crippen molar-refractivity contribution in [1.29, 1.82) is 0 Å². The Bertz CT molecular complexity index is 1540. The van der Waals surface area contributed by atoms with Crippen LogP contribution in [0.4, 0.5) is 10.8 Å². The van der Waals surface area contributed by atoms with Crippen molar-refractivity contribution in [2.45, 2.75) is 70.9 Å². The van der Waals surface area contributed by atoms with Gasteiger partial charge in [-0.1, -0.05) is 60.9 Å². The number of carbonyl (C=O) groups is 2. The van der Waals surface area contributed by atoms with E-state index in [1.165, 1.54) is 27.7 Å². The Balaban J connectivity index is 1.07. The van der Waals surface area contributed by atoms with Gasteiger partial charge in [0.25, 0.3) is 0 Å². The first kappa shape index (κ1) is 27.7. The van der Waals surface area contributed by atoms with Gasteiger partial charge in [-0.25, -0.2) is 4.98 Å². The van der Waals surface area contributed by atoms with Gasteiger partial charge in [-0.15, -0.1) is 0 Å². The number of thiazole rings is 1.